The van der Waals surface area contributed by atoms with E-state index in [9.17, 15) is 0 Å². The van der Waals surface area contributed by atoms with Crippen molar-refractivity contribution in [3.8, 4) is 21.6 Å². The minimum absolute atomic E-state index is 0.394. The van der Waals surface area contributed by atoms with Crippen LogP contribution < -0.4 is 4.90 Å². The van der Waals surface area contributed by atoms with Crippen molar-refractivity contribution >= 4 is 49.3 Å². The van der Waals surface area contributed by atoms with E-state index in [0.717, 1.165) is 5.69 Å². The number of nitrogens with zero attached hydrogens (tertiary/aromatic N) is 1. The molecule has 0 N–H and O–H groups in total. The smallest absolute Gasteiger partial charge is 0.0740 e. The summed E-state index contributed by atoms with van der Waals surface area (Å²) >= 11 is 1.94. The number of para-hydroxylation sites is 1. The highest BCUT2D eigenvalue weighted by atomic mass is 32.1. The number of thiophene rings is 1. The summed E-state index contributed by atoms with van der Waals surface area (Å²) in [5.74, 6) is 0. The van der Waals surface area contributed by atoms with E-state index in [4.69, 9.17) is 0 Å². The second-order valence-corrected chi connectivity index (χ2v) is 13.1. The van der Waals surface area contributed by atoms with Gasteiger partial charge in [-0.25, -0.2) is 0 Å². The Labute approximate surface area is 266 Å². The summed E-state index contributed by atoms with van der Waals surface area (Å²) in [7, 11) is 0. The molecule has 0 bridgehead atoms. The second-order valence-electron chi connectivity index (χ2n) is 12.0. The Balaban J connectivity index is 1.38. The van der Waals surface area contributed by atoms with Gasteiger partial charge in [-0.3, -0.25) is 0 Å². The number of rotatable bonds is 3. The number of hydrogen-bond donors (Lipinski definition) is 0. The predicted octanol–water partition coefficient (Wildman–Crippen LogP) is 11.9. The van der Waals surface area contributed by atoms with Crippen LogP contribution in [-0.2, 0) is 5.41 Å². The third-order valence-corrected chi connectivity index (χ3v) is 11.0. The minimum Gasteiger partial charge on any atom is -0.309 e. The fourth-order valence-corrected chi connectivity index (χ4v) is 9.52. The molecular weight excluding hydrogens is 563 g/mol. The first-order valence-corrected chi connectivity index (χ1v) is 16.4. The van der Waals surface area contributed by atoms with Crippen LogP contribution in [0.3, 0.4) is 0 Å². The van der Waals surface area contributed by atoms with Crippen LogP contribution in [0.4, 0.5) is 17.1 Å². The molecule has 2 aliphatic rings. The van der Waals surface area contributed by atoms with Crippen molar-refractivity contribution in [3.63, 3.8) is 0 Å². The van der Waals surface area contributed by atoms with Crippen LogP contribution in [0.1, 0.15) is 22.3 Å². The first kappa shape index (κ1) is 24.9. The number of fused-ring (bicyclic) bond motifs is 13. The van der Waals surface area contributed by atoms with Crippen molar-refractivity contribution in [1.82, 2.24) is 0 Å². The Morgan fingerprint density at radius 1 is 0.444 bits per heavy atom. The van der Waals surface area contributed by atoms with Crippen LogP contribution in [0.15, 0.2) is 164 Å². The summed E-state index contributed by atoms with van der Waals surface area (Å²) in [6, 6.07) is 60.4. The van der Waals surface area contributed by atoms with Crippen LogP contribution in [0.25, 0.3) is 42.4 Å². The topological polar surface area (TPSA) is 3.24 Å². The average Bonchev–Trinajstić information content (AvgIpc) is 3.73. The van der Waals surface area contributed by atoms with E-state index in [1.54, 1.807) is 0 Å². The molecule has 7 aromatic carbocycles. The van der Waals surface area contributed by atoms with Crippen LogP contribution >= 0.6 is 11.3 Å². The lowest BCUT2D eigenvalue weighted by molar-refractivity contribution is 0.802. The molecular formula is C43H27NS. The van der Waals surface area contributed by atoms with Crippen molar-refractivity contribution < 1.29 is 0 Å². The fourth-order valence-electron chi connectivity index (χ4n) is 8.19. The summed E-state index contributed by atoms with van der Waals surface area (Å²) < 4.78 is 1.33. The molecule has 0 radical (unpaired) electrons. The molecule has 0 unspecified atom stereocenters. The maximum atomic E-state index is 2.49. The molecule has 0 amide bonds. The van der Waals surface area contributed by atoms with E-state index < -0.39 is 5.41 Å². The molecule has 0 saturated heterocycles. The standard InChI is InChI=1S/C43H27NS/c1-2-16-29(17-3-1)44(37-25-12-15-28-14-4-5-18-30(28)37)38-26-13-24-36-40(38)42-41(33-21-8-11-27-39(33)45-42)43(36)34-22-9-6-19-31(34)32-20-7-10-23-35(32)43/h1-27H. The van der Waals surface area contributed by atoms with E-state index in [-0.39, 0.29) is 0 Å². The normalized spacial score (nSPS) is 13.5. The SMILES string of the molecule is c1ccc(N(c2cccc3c2-c2sc4ccccc4c2C32c3ccccc3-c3ccccc32)c2cccc3ccccc23)cc1. The van der Waals surface area contributed by atoms with E-state index in [1.165, 1.54) is 76.1 Å². The van der Waals surface area contributed by atoms with E-state index >= 15 is 0 Å². The van der Waals surface area contributed by atoms with E-state index in [2.05, 4.69) is 169 Å². The van der Waals surface area contributed by atoms with E-state index in [0.29, 0.717) is 0 Å². The third-order valence-electron chi connectivity index (χ3n) is 9.86. The largest absolute Gasteiger partial charge is 0.309 e. The highest BCUT2D eigenvalue weighted by Gasteiger charge is 2.54. The molecule has 10 rings (SSSR count). The maximum absolute atomic E-state index is 2.49. The number of anilines is 3. The van der Waals surface area contributed by atoms with E-state index in [1.807, 2.05) is 11.3 Å². The molecule has 0 aliphatic heterocycles. The van der Waals surface area contributed by atoms with Crippen LogP contribution in [0.5, 0.6) is 0 Å². The van der Waals surface area contributed by atoms with Crippen molar-refractivity contribution in [2.24, 2.45) is 0 Å². The molecule has 1 spiro atoms. The Morgan fingerprint density at radius 3 is 1.82 bits per heavy atom. The molecule has 1 nitrogen and oxygen atoms in total. The lowest BCUT2D eigenvalue weighted by Crippen LogP contribution is -2.26. The second kappa shape index (κ2) is 9.28. The highest BCUT2D eigenvalue weighted by Crippen LogP contribution is 2.67. The van der Waals surface area contributed by atoms with Crippen LogP contribution in [0, 0.1) is 0 Å². The van der Waals surface area contributed by atoms with Crippen molar-refractivity contribution in [2.45, 2.75) is 5.41 Å². The number of hydrogen-bond acceptors (Lipinski definition) is 2. The molecule has 0 saturated carbocycles. The van der Waals surface area contributed by atoms with Crippen LogP contribution in [0.2, 0.25) is 0 Å². The zero-order valence-corrected chi connectivity index (χ0v) is 25.3. The Morgan fingerprint density at radius 2 is 1.02 bits per heavy atom. The van der Waals surface area contributed by atoms with Crippen molar-refractivity contribution in [2.75, 3.05) is 4.90 Å². The Kier molecular flexibility index (Phi) is 5.14. The van der Waals surface area contributed by atoms with Gasteiger partial charge >= 0.3 is 0 Å². The molecule has 1 aromatic heterocycles. The summed E-state index contributed by atoms with van der Waals surface area (Å²) in [6.45, 7) is 0. The Hall–Kier alpha value is -5.44. The maximum Gasteiger partial charge on any atom is 0.0740 e. The molecule has 2 aliphatic carbocycles. The van der Waals surface area contributed by atoms with Gasteiger partial charge in [-0.2, -0.15) is 0 Å². The molecule has 0 atom stereocenters. The molecule has 210 valence electrons. The minimum atomic E-state index is -0.394. The molecule has 1 heterocycles. The van der Waals surface area contributed by atoms with Crippen LogP contribution in [-0.4, -0.2) is 0 Å². The monoisotopic (exact) mass is 589 g/mol. The highest BCUT2D eigenvalue weighted by molar-refractivity contribution is 7.22. The molecule has 45 heavy (non-hydrogen) atoms. The zero-order valence-electron chi connectivity index (χ0n) is 24.4. The summed E-state index contributed by atoms with van der Waals surface area (Å²) in [5.41, 5.74) is 12.7. The van der Waals surface area contributed by atoms with Gasteiger partial charge in [0, 0.05) is 26.2 Å². The van der Waals surface area contributed by atoms with Gasteiger partial charge in [0.05, 0.1) is 16.8 Å². The third kappa shape index (κ3) is 3.22. The fraction of sp³-hybridized carbons (Fsp3) is 0.0233. The molecule has 0 fully saturated rings. The van der Waals surface area contributed by atoms with Gasteiger partial charge in [0.2, 0.25) is 0 Å². The summed E-state index contributed by atoms with van der Waals surface area (Å²) in [5, 5.41) is 3.83. The zero-order chi connectivity index (χ0) is 29.5. The first-order valence-electron chi connectivity index (χ1n) is 15.5. The average molecular weight is 590 g/mol. The lowest BCUT2D eigenvalue weighted by Gasteiger charge is -2.32. The van der Waals surface area contributed by atoms with Crippen molar-refractivity contribution in [3.05, 3.63) is 186 Å². The van der Waals surface area contributed by atoms with Gasteiger partial charge < -0.3 is 4.90 Å². The van der Waals surface area contributed by atoms with Crippen molar-refractivity contribution in [1.29, 1.82) is 0 Å². The molecule has 8 aromatic rings. The van der Waals surface area contributed by atoms with Gasteiger partial charge in [-0.15, -0.1) is 11.3 Å². The van der Waals surface area contributed by atoms with Gasteiger partial charge in [0.15, 0.2) is 0 Å². The predicted molar refractivity (Wildman–Crippen MR) is 190 cm³/mol. The lowest BCUT2D eigenvalue weighted by atomic mass is 9.70. The summed E-state index contributed by atoms with van der Waals surface area (Å²) in [6.07, 6.45) is 0. The van der Waals surface area contributed by atoms with Gasteiger partial charge in [0.25, 0.3) is 0 Å². The van der Waals surface area contributed by atoms with Gasteiger partial charge in [0.1, 0.15) is 0 Å². The molecule has 2 heteroatoms. The quantitative estimate of drug-likeness (QED) is 0.198. The Bertz CT molecular complexity index is 2400. The van der Waals surface area contributed by atoms with Gasteiger partial charge in [-0.1, -0.05) is 133 Å². The first-order chi connectivity index (χ1) is 22.4. The number of benzene rings is 7. The summed E-state index contributed by atoms with van der Waals surface area (Å²) in [4.78, 5) is 3.86. The van der Waals surface area contributed by atoms with Gasteiger partial charge in [-0.05, 0) is 74.5 Å².